The Balaban J connectivity index is 1.88. The summed E-state index contributed by atoms with van der Waals surface area (Å²) in [5, 5.41) is 21.5. The van der Waals surface area contributed by atoms with Gasteiger partial charge in [0.2, 0.25) is 0 Å². The van der Waals surface area contributed by atoms with Gasteiger partial charge in [0.05, 0.1) is 24.9 Å². The molecule has 0 radical (unpaired) electrons. The average molecular weight is 266 g/mol. The average Bonchev–Trinajstić information content (AvgIpc) is 2.54. The molecule has 1 saturated carbocycles. The minimum absolute atomic E-state index is 0.00850. The molecule has 0 aromatic rings. The topological polar surface area (TPSA) is 58.9 Å². The Labute approximate surface area is 113 Å². The number of rotatable bonds is 0. The maximum Gasteiger partial charge on any atom is 0.168 e. The molecule has 1 spiro atoms. The maximum atomic E-state index is 11.0. The summed E-state index contributed by atoms with van der Waals surface area (Å²) in [6.07, 6.45) is 4.98. The first-order chi connectivity index (χ1) is 8.83. The van der Waals surface area contributed by atoms with Crippen LogP contribution in [0.25, 0.3) is 0 Å². The molecule has 3 fully saturated rings. The largest absolute Gasteiger partial charge is 0.387 e. The Bertz CT molecular complexity index is 475. The van der Waals surface area contributed by atoms with Crippen LogP contribution in [-0.2, 0) is 9.47 Å². The second-order valence-corrected chi connectivity index (χ2v) is 7.35. The minimum atomic E-state index is -1.16. The Kier molecular flexibility index (Phi) is 2.11. The van der Waals surface area contributed by atoms with E-state index in [9.17, 15) is 10.2 Å². The monoisotopic (exact) mass is 266 g/mol. The summed E-state index contributed by atoms with van der Waals surface area (Å²) >= 11 is 0. The van der Waals surface area contributed by atoms with Crippen molar-refractivity contribution >= 4 is 0 Å². The van der Waals surface area contributed by atoms with E-state index in [0.717, 1.165) is 12.8 Å². The van der Waals surface area contributed by atoms with Crippen molar-refractivity contribution in [1.82, 2.24) is 0 Å². The first kappa shape index (κ1) is 12.3. The predicted molar refractivity (Wildman–Crippen MR) is 68.4 cm³/mol. The zero-order chi connectivity index (χ0) is 13.5. The smallest absolute Gasteiger partial charge is 0.168 e. The third-order valence-electron chi connectivity index (χ3n) is 6.37. The highest BCUT2D eigenvalue weighted by atomic mass is 16.6. The van der Waals surface area contributed by atoms with Crippen molar-refractivity contribution in [1.29, 1.82) is 0 Å². The standard InChI is InChI=1S/C15H22O4/c1-10-3-4-13-8-19-15(17)6-12(13,2)14(16,7-15)9-18-11(13)5-10/h5,11,16-17H,3-4,6-9H2,1-2H3/t11?,12?,13-,14?,15?/m1/s1. The van der Waals surface area contributed by atoms with Gasteiger partial charge in [-0.25, -0.2) is 0 Å². The summed E-state index contributed by atoms with van der Waals surface area (Å²) in [5.74, 6) is -1.16. The first-order valence-electron chi connectivity index (χ1n) is 7.20. The van der Waals surface area contributed by atoms with Gasteiger partial charge in [0.25, 0.3) is 0 Å². The molecule has 2 heterocycles. The van der Waals surface area contributed by atoms with E-state index in [1.165, 1.54) is 5.57 Å². The Morgan fingerprint density at radius 1 is 1.26 bits per heavy atom. The summed E-state index contributed by atoms with van der Waals surface area (Å²) < 4.78 is 11.8. The molecule has 4 unspecified atom stereocenters. The SMILES string of the molecule is CC1=CC2OCC3(O)CC4(O)CC3(C)[C@]2(CC1)CO4. The molecule has 4 nitrogen and oxygen atoms in total. The van der Waals surface area contributed by atoms with Gasteiger partial charge in [-0.15, -0.1) is 0 Å². The van der Waals surface area contributed by atoms with Gasteiger partial charge in [0.1, 0.15) is 0 Å². The molecule has 5 atom stereocenters. The van der Waals surface area contributed by atoms with Crippen LogP contribution in [0.1, 0.15) is 39.5 Å². The molecule has 0 aromatic heterocycles. The molecule has 4 aliphatic rings. The van der Waals surface area contributed by atoms with Crippen LogP contribution in [0.15, 0.2) is 11.6 Å². The highest BCUT2D eigenvalue weighted by molar-refractivity contribution is 5.27. The van der Waals surface area contributed by atoms with Gasteiger partial charge in [-0.2, -0.15) is 0 Å². The number of hydrogen-bond acceptors (Lipinski definition) is 4. The number of allylic oxidation sites excluding steroid dienone is 1. The number of aliphatic hydroxyl groups is 2. The van der Waals surface area contributed by atoms with E-state index in [-0.39, 0.29) is 23.4 Å². The van der Waals surface area contributed by atoms with E-state index < -0.39 is 11.4 Å². The van der Waals surface area contributed by atoms with Crippen LogP contribution in [0.3, 0.4) is 0 Å². The van der Waals surface area contributed by atoms with Crippen molar-refractivity contribution in [2.75, 3.05) is 13.2 Å². The molecule has 2 N–H and O–H groups in total. The second-order valence-electron chi connectivity index (χ2n) is 7.35. The molecule has 2 bridgehead atoms. The van der Waals surface area contributed by atoms with Crippen molar-refractivity contribution in [2.24, 2.45) is 10.8 Å². The van der Waals surface area contributed by atoms with Crippen molar-refractivity contribution in [2.45, 2.75) is 57.0 Å². The fraction of sp³-hybridized carbons (Fsp3) is 0.867. The van der Waals surface area contributed by atoms with Crippen molar-refractivity contribution in [3.63, 3.8) is 0 Å². The lowest BCUT2D eigenvalue weighted by Crippen LogP contribution is -2.67. The minimum Gasteiger partial charge on any atom is -0.387 e. The maximum absolute atomic E-state index is 11.0. The quantitative estimate of drug-likeness (QED) is 0.650. The molecule has 0 amide bonds. The van der Waals surface area contributed by atoms with Crippen LogP contribution in [-0.4, -0.2) is 40.9 Å². The lowest BCUT2D eigenvalue weighted by atomic mass is 9.50. The van der Waals surface area contributed by atoms with Gasteiger partial charge in [0.15, 0.2) is 5.79 Å². The Morgan fingerprint density at radius 3 is 2.84 bits per heavy atom. The van der Waals surface area contributed by atoms with E-state index in [2.05, 4.69) is 19.9 Å². The van der Waals surface area contributed by atoms with Crippen LogP contribution in [0.2, 0.25) is 0 Å². The van der Waals surface area contributed by atoms with E-state index in [4.69, 9.17) is 9.47 Å². The summed E-state index contributed by atoms with van der Waals surface area (Å²) in [6.45, 7) is 5.04. The van der Waals surface area contributed by atoms with E-state index in [1.807, 2.05) is 0 Å². The predicted octanol–water partition coefficient (Wildman–Crippen LogP) is 1.36. The van der Waals surface area contributed by atoms with Gasteiger partial charge < -0.3 is 19.7 Å². The fourth-order valence-electron chi connectivity index (χ4n) is 5.05. The van der Waals surface area contributed by atoms with Crippen molar-refractivity contribution in [3.05, 3.63) is 11.6 Å². The third kappa shape index (κ3) is 1.24. The van der Waals surface area contributed by atoms with Crippen LogP contribution in [0, 0.1) is 10.8 Å². The molecule has 4 heteroatoms. The molecule has 106 valence electrons. The Morgan fingerprint density at radius 2 is 2.05 bits per heavy atom. The first-order valence-corrected chi connectivity index (χ1v) is 7.20. The second kappa shape index (κ2) is 3.25. The normalized spacial score (nSPS) is 59.6. The molecule has 2 saturated heterocycles. The lowest BCUT2D eigenvalue weighted by molar-refractivity contribution is -0.301. The summed E-state index contributed by atoms with van der Waals surface area (Å²) in [7, 11) is 0. The van der Waals surface area contributed by atoms with Gasteiger partial charge in [0, 0.05) is 23.7 Å². The zero-order valence-corrected chi connectivity index (χ0v) is 11.6. The van der Waals surface area contributed by atoms with Gasteiger partial charge in [-0.3, -0.25) is 0 Å². The molecule has 4 rings (SSSR count). The number of ether oxygens (including phenoxy) is 2. The van der Waals surface area contributed by atoms with E-state index >= 15 is 0 Å². The van der Waals surface area contributed by atoms with E-state index in [1.54, 1.807) is 0 Å². The summed E-state index contributed by atoms with van der Waals surface area (Å²) in [5.41, 5.74) is -0.132. The molecule has 2 aliphatic heterocycles. The molecular formula is C15H22O4. The van der Waals surface area contributed by atoms with Gasteiger partial charge >= 0.3 is 0 Å². The summed E-state index contributed by atoms with van der Waals surface area (Å²) in [6, 6.07) is 0. The molecule has 2 aliphatic carbocycles. The highest BCUT2D eigenvalue weighted by Crippen LogP contribution is 2.69. The summed E-state index contributed by atoms with van der Waals surface area (Å²) in [4.78, 5) is 0. The van der Waals surface area contributed by atoms with Gasteiger partial charge in [-0.05, 0) is 19.8 Å². The van der Waals surface area contributed by atoms with Crippen molar-refractivity contribution in [3.8, 4) is 0 Å². The Hall–Kier alpha value is -0.420. The third-order valence-corrected chi connectivity index (χ3v) is 6.37. The van der Waals surface area contributed by atoms with Gasteiger partial charge in [-0.1, -0.05) is 18.6 Å². The lowest BCUT2D eigenvalue weighted by Gasteiger charge is -2.61. The number of fused-ring (bicyclic) bond motifs is 1. The van der Waals surface area contributed by atoms with Crippen LogP contribution in [0.5, 0.6) is 0 Å². The number of hydrogen-bond donors (Lipinski definition) is 2. The molecular weight excluding hydrogens is 244 g/mol. The van der Waals surface area contributed by atoms with Crippen LogP contribution >= 0.6 is 0 Å². The zero-order valence-electron chi connectivity index (χ0n) is 11.6. The molecule has 19 heavy (non-hydrogen) atoms. The van der Waals surface area contributed by atoms with E-state index in [0.29, 0.717) is 19.6 Å². The fourth-order valence-corrected chi connectivity index (χ4v) is 5.05. The van der Waals surface area contributed by atoms with Crippen LogP contribution in [0.4, 0.5) is 0 Å². The van der Waals surface area contributed by atoms with Crippen LogP contribution < -0.4 is 0 Å². The highest BCUT2D eigenvalue weighted by Gasteiger charge is 2.75. The molecule has 0 aromatic carbocycles. The van der Waals surface area contributed by atoms with Crippen molar-refractivity contribution < 1.29 is 19.7 Å².